The van der Waals surface area contributed by atoms with Gasteiger partial charge >= 0.3 is 0 Å². The van der Waals surface area contributed by atoms with Crippen molar-refractivity contribution in [2.45, 2.75) is 48.5 Å². The van der Waals surface area contributed by atoms with E-state index in [0.717, 1.165) is 88.4 Å². The predicted molar refractivity (Wildman–Crippen MR) is 298 cm³/mol. The van der Waals surface area contributed by atoms with Crippen molar-refractivity contribution in [3.63, 3.8) is 0 Å². The van der Waals surface area contributed by atoms with Gasteiger partial charge in [-0.25, -0.2) is 0 Å². The van der Waals surface area contributed by atoms with Crippen molar-refractivity contribution in [1.82, 2.24) is 14.1 Å². The Morgan fingerprint density at radius 3 is 1.10 bits per heavy atom. The highest BCUT2D eigenvalue weighted by molar-refractivity contribution is 6.14. The molecule has 0 amide bonds. The van der Waals surface area contributed by atoms with E-state index in [4.69, 9.17) is 0 Å². The standard InChI is InChI=1S/C67H52N4/c1-40-12-19-54(44(5)30-40)49-16-23-57-58-24-17-50(55-20-13-41(2)31-45(55)6)35-63(58)70(62(57)34-49)66-37-52(39-68)61(47-26-28-69-29-27-47)38-67(66)71-64-33-48(53-11-9-8-10-43(53)4)15-22-59(64)60-25-18-51(36-65(60)71)56-21-14-42(3)32-46(56)7/h8-38H,1-7H3. The third kappa shape index (κ3) is 7.32. The Hall–Kier alpha value is -8.78. The summed E-state index contributed by atoms with van der Waals surface area (Å²) in [6, 6.07) is 67.6. The van der Waals surface area contributed by atoms with Gasteiger partial charge in [0.05, 0.1) is 45.1 Å². The van der Waals surface area contributed by atoms with Gasteiger partial charge in [0.15, 0.2) is 0 Å². The Bertz CT molecular complexity index is 4090. The van der Waals surface area contributed by atoms with Crippen molar-refractivity contribution in [2.24, 2.45) is 0 Å². The van der Waals surface area contributed by atoms with E-state index < -0.39 is 0 Å². The molecule has 0 bridgehead atoms. The van der Waals surface area contributed by atoms with Crippen LogP contribution in [0.15, 0.2) is 188 Å². The lowest BCUT2D eigenvalue weighted by Crippen LogP contribution is -2.06. The smallest absolute Gasteiger partial charge is 0.0998 e. The lowest BCUT2D eigenvalue weighted by Gasteiger charge is -2.20. The largest absolute Gasteiger partial charge is 0.307 e. The Morgan fingerprint density at radius 1 is 0.338 bits per heavy atom. The Morgan fingerprint density at radius 2 is 0.718 bits per heavy atom. The second-order valence-electron chi connectivity index (χ2n) is 19.6. The maximum atomic E-state index is 11.3. The first-order valence-electron chi connectivity index (χ1n) is 24.5. The minimum atomic E-state index is 0.582. The first kappa shape index (κ1) is 43.5. The molecule has 4 heteroatoms. The summed E-state index contributed by atoms with van der Waals surface area (Å²) in [5.74, 6) is 0. The summed E-state index contributed by atoms with van der Waals surface area (Å²) in [4.78, 5) is 4.40. The molecule has 0 N–H and O–H groups in total. The van der Waals surface area contributed by atoms with Gasteiger partial charge < -0.3 is 9.13 Å². The van der Waals surface area contributed by atoms with E-state index in [2.05, 4.69) is 232 Å². The van der Waals surface area contributed by atoms with E-state index in [1.807, 2.05) is 24.5 Å². The monoisotopic (exact) mass is 912 g/mol. The van der Waals surface area contributed by atoms with Crippen LogP contribution in [0.2, 0.25) is 0 Å². The van der Waals surface area contributed by atoms with Crippen LogP contribution in [0.1, 0.15) is 44.5 Å². The summed E-state index contributed by atoms with van der Waals surface area (Å²) >= 11 is 0. The molecule has 0 aliphatic carbocycles. The molecule has 0 saturated heterocycles. The molecule has 3 heterocycles. The number of hydrogen-bond acceptors (Lipinski definition) is 2. The Labute approximate surface area is 415 Å². The lowest BCUT2D eigenvalue weighted by atomic mass is 9.96. The van der Waals surface area contributed by atoms with Gasteiger partial charge in [-0.3, -0.25) is 4.98 Å². The van der Waals surface area contributed by atoms with Crippen LogP contribution in [-0.2, 0) is 0 Å². The van der Waals surface area contributed by atoms with Gasteiger partial charge in [0.25, 0.3) is 0 Å². The lowest BCUT2D eigenvalue weighted by molar-refractivity contribution is 1.09. The number of nitriles is 1. The maximum Gasteiger partial charge on any atom is 0.0998 e. The quantitative estimate of drug-likeness (QED) is 0.160. The molecule has 340 valence electrons. The molecule has 3 aromatic heterocycles. The Balaban J connectivity index is 1.26. The molecule has 0 fully saturated rings. The first-order valence-corrected chi connectivity index (χ1v) is 24.5. The predicted octanol–water partition coefficient (Wildman–Crippen LogP) is 17.6. The van der Waals surface area contributed by atoms with E-state index in [-0.39, 0.29) is 0 Å². The van der Waals surface area contributed by atoms with Gasteiger partial charge in [-0.15, -0.1) is 0 Å². The van der Waals surface area contributed by atoms with E-state index in [1.165, 1.54) is 61.2 Å². The fourth-order valence-corrected chi connectivity index (χ4v) is 11.3. The van der Waals surface area contributed by atoms with Crippen LogP contribution >= 0.6 is 0 Å². The van der Waals surface area contributed by atoms with Crippen LogP contribution in [0, 0.1) is 59.8 Å². The molecule has 0 radical (unpaired) electrons. The molecule has 12 rings (SSSR count). The second-order valence-corrected chi connectivity index (χ2v) is 19.6. The molecule has 9 aromatic carbocycles. The van der Waals surface area contributed by atoms with Crippen LogP contribution in [-0.4, -0.2) is 14.1 Å². The number of fused-ring (bicyclic) bond motifs is 6. The SMILES string of the molecule is Cc1ccc(-c2ccc3c4ccc(-c5ccc(C)cc5C)cc4n(-c4cc(C#N)c(-c5ccncc5)cc4-n4c5cc(-c6ccccc6C)ccc5c5ccc(-c6ccc(C)cc6C)cc54)c3c2)c(C)c1. The maximum absolute atomic E-state index is 11.3. The van der Waals surface area contributed by atoms with Crippen molar-refractivity contribution in [1.29, 1.82) is 5.26 Å². The number of aromatic nitrogens is 3. The normalized spacial score (nSPS) is 11.6. The highest BCUT2D eigenvalue weighted by atomic mass is 15.1. The molecule has 71 heavy (non-hydrogen) atoms. The summed E-state index contributed by atoms with van der Waals surface area (Å²) in [7, 11) is 0. The summed E-state index contributed by atoms with van der Waals surface area (Å²) in [6.07, 6.45) is 3.62. The zero-order valence-corrected chi connectivity index (χ0v) is 41.2. The number of rotatable bonds is 7. The van der Waals surface area contributed by atoms with Crippen LogP contribution < -0.4 is 0 Å². The van der Waals surface area contributed by atoms with Crippen molar-refractivity contribution < 1.29 is 0 Å². The van der Waals surface area contributed by atoms with Gasteiger partial charge in [-0.2, -0.15) is 5.26 Å². The minimum absolute atomic E-state index is 0.582. The summed E-state index contributed by atoms with van der Waals surface area (Å²) in [6.45, 7) is 15.3. The zero-order chi connectivity index (χ0) is 48.7. The third-order valence-electron chi connectivity index (χ3n) is 14.8. The molecule has 12 aromatic rings. The van der Waals surface area contributed by atoms with Gasteiger partial charge in [0, 0.05) is 39.5 Å². The van der Waals surface area contributed by atoms with Crippen LogP contribution in [0.25, 0.3) is 111 Å². The van der Waals surface area contributed by atoms with Gasteiger partial charge in [-0.1, -0.05) is 144 Å². The number of benzene rings is 9. The Kier molecular flexibility index (Phi) is 10.4. The highest BCUT2D eigenvalue weighted by Crippen LogP contribution is 2.45. The number of hydrogen-bond donors (Lipinski definition) is 0. The van der Waals surface area contributed by atoms with Crippen molar-refractivity contribution in [3.8, 4) is 73.1 Å². The average Bonchev–Trinajstić information content (AvgIpc) is 3.87. The van der Waals surface area contributed by atoms with E-state index in [0.29, 0.717) is 5.56 Å². The second kappa shape index (κ2) is 17.0. The van der Waals surface area contributed by atoms with E-state index >= 15 is 0 Å². The number of nitrogens with zero attached hydrogens (tertiary/aromatic N) is 4. The summed E-state index contributed by atoms with van der Waals surface area (Å²) in [5, 5.41) is 15.9. The molecule has 0 spiro atoms. The molecular weight excluding hydrogens is 861 g/mol. The van der Waals surface area contributed by atoms with Crippen LogP contribution in [0.3, 0.4) is 0 Å². The number of pyridine rings is 1. The van der Waals surface area contributed by atoms with Gasteiger partial charge in [-0.05, 0) is 169 Å². The van der Waals surface area contributed by atoms with Crippen LogP contribution in [0.5, 0.6) is 0 Å². The first-order chi connectivity index (χ1) is 34.5. The number of aryl methyl sites for hydroxylation is 7. The molecule has 4 nitrogen and oxygen atoms in total. The van der Waals surface area contributed by atoms with Crippen molar-refractivity contribution >= 4 is 43.6 Å². The fourth-order valence-electron chi connectivity index (χ4n) is 11.3. The molecule has 0 aliphatic rings. The zero-order valence-electron chi connectivity index (χ0n) is 41.2. The van der Waals surface area contributed by atoms with Crippen molar-refractivity contribution in [2.75, 3.05) is 0 Å². The van der Waals surface area contributed by atoms with Crippen LogP contribution in [0.4, 0.5) is 0 Å². The topological polar surface area (TPSA) is 46.5 Å². The fraction of sp³-hybridized carbons (Fsp3) is 0.104. The molecule has 0 aliphatic heterocycles. The summed E-state index contributed by atoms with van der Waals surface area (Å²) < 4.78 is 4.91. The molecule has 0 unspecified atom stereocenters. The van der Waals surface area contributed by atoms with Gasteiger partial charge in [0.1, 0.15) is 0 Å². The third-order valence-corrected chi connectivity index (χ3v) is 14.8. The van der Waals surface area contributed by atoms with Crippen molar-refractivity contribution in [3.05, 3.63) is 233 Å². The minimum Gasteiger partial charge on any atom is -0.307 e. The summed E-state index contributed by atoms with van der Waals surface area (Å²) in [5.41, 5.74) is 26.5. The average molecular weight is 913 g/mol. The van der Waals surface area contributed by atoms with Gasteiger partial charge in [0.2, 0.25) is 0 Å². The van der Waals surface area contributed by atoms with E-state index in [9.17, 15) is 5.26 Å². The molecule has 0 atom stereocenters. The van der Waals surface area contributed by atoms with E-state index in [1.54, 1.807) is 0 Å². The highest BCUT2D eigenvalue weighted by Gasteiger charge is 2.24. The molecular formula is C67H52N4. The molecule has 0 saturated carbocycles.